The Kier molecular flexibility index (Phi) is 22.2. The molecule has 24 nitrogen and oxygen atoms in total. The third-order valence-corrected chi connectivity index (χ3v) is 16.0. The number of carbonyl (C=O) groups excluding carboxylic acids is 8. The Labute approximate surface area is 504 Å². The summed E-state index contributed by atoms with van der Waals surface area (Å²) in [5.41, 5.74) is 11.4. The van der Waals surface area contributed by atoms with E-state index in [1.165, 1.54) is 38.5 Å². The van der Waals surface area contributed by atoms with Crippen LogP contribution in [0.25, 0.3) is 22.3 Å². The second kappa shape index (κ2) is 30.1. The Bertz CT molecular complexity index is 3160. The fourth-order valence-corrected chi connectivity index (χ4v) is 11.0. The number of aromatic amines is 1. The first kappa shape index (κ1) is 64.3. The highest BCUT2D eigenvalue weighted by Gasteiger charge is 2.46. The molecular weight excluding hydrogens is 1120 g/mol. The molecule has 8 amide bonds. The number of aliphatic hydroxyl groups is 3. The second-order valence-electron chi connectivity index (χ2n) is 22.6. The molecule has 0 radical (unpaired) electrons. The van der Waals surface area contributed by atoms with Gasteiger partial charge in [-0.15, -0.1) is 0 Å². The van der Waals surface area contributed by atoms with Crippen LogP contribution in [0, 0.1) is 0 Å². The van der Waals surface area contributed by atoms with Crippen LogP contribution in [0.1, 0.15) is 93.8 Å². The lowest BCUT2D eigenvalue weighted by molar-refractivity contribution is -0.145. The van der Waals surface area contributed by atoms with Crippen LogP contribution in [0.15, 0.2) is 110 Å². The van der Waals surface area contributed by atoms with Gasteiger partial charge in [0.1, 0.15) is 47.8 Å². The number of ether oxygens (including phenoxy) is 1. The lowest BCUT2D eigenvalue weighted by Gasteiger charge is -2.32. The van der Waals surface area contributed by atoms with Crippen LogP contribution in [0.2, 0.25) is 0 Å². The first-order valence-electron chi connectivity index (χ1n) is 29.7. The predicted molar refractivity (Wildman–Crippen MR) is 320 cm³/mol. The number of carbonyl (C=O) groups is 8. The number of nitrogens with two attached hydrogens (primary N) is 1. The van der Waals surface area contributed by atoms with Gasteiger partial charge in [-0.1, -0.05) is 80.4 Å². The molecule has 87 heavy (non-hydrogen) atoms. The number of phenols is 1. The van der Waals surface area contributed by atoms with Gasteiger partial charge in [0.05, 0.1) is 37.3 Å². The van der Waals surface area contributed by atoms with Crippen molar-refractivity contribution in [3.63, 3.8) is 0 Å². The number of benzene rings is 4. The van der Waals surface area contributed by atoms with Crippen LogP contribution in [0.3, 0.4) is 0 Å². The van der Waals surface area contributed by atoms with Crippen molar-refractivity contribution in [3.8, 4) is 33.8 Å². The van der Waals surface area contributed by atoms with Crippen LogP contribution in [-0.2, 0) is 46.4 Å². The van der Waals surface area contributed by atoms with Crippen molar-refractivity contribution in [2.45, 2.75) is 152 Å². The van der Waals surface area contributed by atoms with Crippen molar-refractivity contribution < 1.29 is 63.5 Å². The van der Waals surface area contributed by atoms with Crippen LogP contribution >= 0.6 is 0 Å². The Morgan fingerprint density at radius 1 is 0.724 bits per heavy atom. The molecule has 3 aliphatic heterocycles. The molecule has 464 valence electrons. The molecule has 1 aromatic heterocycles. The summed E-state index contributed by atoms with van der Waals surface area (Å²) in [6.07, 6.45) is 1.27. The van der Waals surface area contributed by atoms with Gasteiger partial charge in [0, 0.05) is 56.0 Å². The normalized spacial score (nSPS) is 23.6. The van der Waals surface area contributed by atoms with Crippen molar-refractivity contribution in [2.24, 2.45) is 5.73 Å². The highest BCUT2D eigenvalue weighted by molar-refractivity contribution is 6.00. The number of aromatic hydroxyl groups is 1. The number of imidazole rings is 1. The summed E-state index contributed by atoms with van der Waals surface area (Å²) in [6.45, 7) is 4.51. The van der Waals surface area contributed by atoms with Gasteiger partial charge in [0.2, 0.25) is 41.4 Å². The van der Waals surface area contributed by atoms with E-state index in [-0.39, 0.29) is 69.3 Å². The first-order valence-corrected chi connectivity index (χ1v) is 29.7. The van der Waals surface area contributed by atoms with E-state index in [1.54, 1.807) is 36.4 Å². The van der Waals surface area contributed by atoms with Crippen LogP contribution < -0.4 is 42.4 Å². The number of aromatic nitrogens is 2. The number of hydrogen-bond acceptors (Lipinski definition) is 15. The van der Waals surface area contributed by atoms with Crippen molar-refractivity contribution in [1.82, 2.24) is 51.7 Å². The van der Waals surface area contributed by atoms with Gasteiger partial charge in [-0.2, -0.15) is 0 Å². The number of H-pyrrole nitrogens is 1. The van der Waals surface area contributed by atoms with E-state index in [4.69, 9.17) is 10.5 Å². The number of rotatable bonds is 18. The topological polar surface area (TPSA) is 360 Å². The van der Waals surface area contributed by atoms with E-state index in [0.717, 1.165) is 57.1 Å². The predicted octanol–water partition coefficient (Wildman–Crippen LogP) is 1.49. The fourth-order valence-electron chi connectivity index (χ4n) is 11.0. The van der Waals surface area contributed by atoms with Crippen molar-refractivity contribution in [3.05, 3.63) is 126 Å². The molecule has 0 bridgehead atoms. The minimum Gasteiger partial charge on any atom is -0.508 e. The zero-order valence-corrected chi connectivity index (χ0v) is 49.0. The zero-order chi connectivity index (χ0) is 62.3. The van der Waals surface area contributed by atoms with Gasteiger partial charge in [0.15, 0.2) is 0 Å². The van der Waals surface area contributed by atoms with E-state index in [9.17, 15) is 58.8 Å². The third kappa shape index (κ3) is 17.1. The molecule has 8 rings (SSSR count). The van der Waals surface area contributed by atoms with Gasteiger partial charge < -0.3 is 77.6 Å². The molecular formula is C63H79N11O13. The van der Waals surface area contributed by atoms with E-state index < -0.39 is 120 Å². The minimum absolute atomic E-state index is 0.0189. The number of amides is 8. The molecule has 0 aliphatic carbocycles. The van der Waals surface area contributed by atoms with Gasteiger partial charge in [0.25, 0.3) is 5.91 Å². The quantitative estimate of drug-likeness (QED) is 0.0553. The maximum Gasteiger partial charge on any atom is 0.251 e. The minimum atomic E-state index is -1.72. The zero-order valence-electron chi connectivity index (χ0n) is 49.0. The summed E-state index contributed by atoms with van der Waals surface area (Å²) >= 11 is 0. The number of aliphatic hydroxyl groups excluding tert-OH is 3. The maximum absolute atomic E-state index is 14.8. The standard InChI is InChI=1S/C63H79N11O13/c1-4-5-6-28-87-48-24-20-42(21-25-48)40-14-12-39(13-15-40)41-16-18-43(19-17-41)56(79)69-50-8-7-27-66-60(83)52-30-45(68-57(80)49(64)29-44-32-65-35-67-44)33-73(52)62(85)54(36(2)75)72-59(82)51(26-11-38-9-22-46(77)23-10-38)70-61(84)53-31-47(78)34-74(53)63(86)55(37(3)76)71-58(50)81/h9-10,12-25,32,35-37,45,47,49-55,75-78H,4-8,11,26-31,33-34,64H2,1-3H3,(H,65,67)(H,66,83)(H,68,80)(H,69,79)(H,70,84)(H,71,81)(H,72,82)/t36?,37?,45-,47+,49-,50-,51?,52?,53?,54?,55?/m0/s1. The summed E-state index contributed by atoms with van der Waals surface area (Å²) in [4.78, 5) is 124. The van der Waals surface area contributed by atoms with E-state index in [0.29, 0.717) is 17.9 Å². The highest BCUT2D eigenvalue weighted by Crippen LogP contribution is 2.28. The number of phenolic OH excluding ortho intramolecular Hbond substituents is 1. The number of nitrogens with one attached hydrogen (secondary N) is 7. The molecule has 5 aromatic rings. The summed E-state index contributed by atoms with van der Waals surface area (Å²) in [7, 11) is 0. The lowest BCUT2D eigenvalue weighted by atomic mass is 9.99. The molecule has 4 aromatic carbocycles. The molecule has 4 heterocycles. The van der Waals surface area contributed by atoms with E-state index >= 15 is 0 Å². The average Bonchev–Trinajstić information content (AvgIpc) is 2.24. The molecule has 3 saturated heterocycles. The molecule has 3 aliphatic rings. The van der Waals surface area contributed by atoms with Crippen molar-refractivity contribution in [1.29, 1.82) is 0 Å². The van der Waals surface area contributed by atoms with Crippen LogP contribution in [0.4, 0.5) is 0 Å². The Hall–Kier alpha value is -8.71. The Balaban J connectivity index is 1.04. The fraction of sp³-hybridized carbons (Fsp3) is 0.444. The first-order chi connectivity index (χ1) is 41.8. The van der Waals surface area contributed by atoms with Gasteiger partial charge in [-0.05, 0) is 117 Å². The third-order valence-electron chi connectivity index (χ3n) is 16.0. The average molecular weight is 1200 g/mol. The summed E-state index contributed by atoms with van der Waals surface area (Å²) in [5.74, 6) is -5.78. The molecule has 11 atom stereocenters. The smallest absolute Gasteiger partial charge is 0.251 e. The van der Waals surface area contributed by atoms with Crippen molar-refractivity contribution in [2.75, 3.05) is 26.2 Å². The molecule has 7 unspecified atom stereocenters. The molecule has 3 fully saturated rings. The van der Waals surface area contributed by atoms with Crippen LogP contribution in [-0.4, -0.2) is 180 Å². The van der Waals surface area contributed by atoms with E-state index in [1.807, 2.05) is 48.5 Å². The summed E-state index contributed by atoms with van der Waals surface area (Å²) < 4.78 is 5.87. The van der Waals surface area contributed by atoms with Gasteiger partial charge >= 0.3 is 0 Å². The Morgan fingerprint density at radius 2 is 1.31 bits per heavy atom. The number of hydrogen-bond donors (Lipinski definition) is 12. The Morgan fingerprint density at radius 3 is 1.91 bits per heavy atom. The van der Waals surface area contributed by atoms with Gasteiger partial charge in [-0.25, -0.2) is 4.98 Å². The summed E-state index contributed by atoms with van der Waals surface area (Å²) in [6, 6.07) is 17.7. The maximum atomic E-state index is 14.8. The van der Waals surface area contributed by atoms with Crippen LogP contribution in [0.5, 0.6) is 11.5 Å². The van der Waals surface area contributed by atoms with Crippen molar-refractivity contribution >= 4 is 47.3 Å². The number of aryl methyl sites for hydroxylation is 1. The molecule has 24 heteroatoms. The molecule has 0 spiro atoms. The SMILES string of the molecule is CCCCCOc1ccc(-c2ccc(-c3ccc(C(=O)N[C@H]4CCCNC(=O)C5C[C@H](NC(=O)[C@@H](N)Cc6cnc[nH]6)CN5C(=O)C(C(C)O)NC(=O)C(CCc5ccc(O)cc5)NC(=O)C5C[C@@H](O)CN5C(=O)C(C(C)O)NC4=O)cc3)cc2)cc1. The molecule has 13 N–H and O–H groups in total. The monoisotopic (exact) mass is 1200 g/mol. The lowest BCUT2D eigenvalue weighted by Crippen LogP contribution is -2.61. The van der Waals surface area contributed by atoms with E-state index in [2.05, 4.69) is 48.8 Å². The number of fused-ring (bicyclic) bond motifs is 2. The highest BCUT2D eigenvalue weighted by atomic mass is 16.5. The van der Waals surface area contributed by atoms with Gasteiger partial charge in [-0.3, -0.25) is 38.4 Å². The second-order valence-corrected chi connectivity index (χ2v) is 22.6. The largest absolute Gasteiger partial charge is 0.508 e. The number of unbranched alkanes of at least 4 members (excludes halogenated alkanes) is 2. The summed E-state index contributed by atoms with van der Waals surface area (Å²) in [5, 5.41) is 59.4. The molecule has 0 saturated carbocycles. The number of nitrogens with zero attached hydrogens (tertiary/aromatic N) is 3.